The number of rotatable bonds is 9. The maximum Gasteiger partial charge on any atom is 0.305 e. The number of hydrogen-bond acceptors (Lipinski definition) is 4. The van der Waals surface area contributed by atoms with Crippen LogP contribution in [0.4, 0.5) is 5.82 Å². The van der Waals surface area contributed by atoms with Crippen molar-refractivity contribution >= 4 is 17.7 Å². The molecule has 164 valence electrons. The van der Waals surface area contributed by atoms with Crippen molar-refractivity contribution in [3.05, 3.63) is 58.3 Å². The molecule has 2 aliphatic rings. The Labute approximate surface area is 183 Å². The van der Waals surface area contributed by atoms with E-state index in [1.54, 1.807) is 0 Å². The number of amides is 1. The summed E-state index contributed by atoms with van der Waals surface area (Å²) >= 11 is 0. The highest BCUT2D eigenvalue weighted by atomic mass is 16.4. The van der Waals surface area contributed by atoms with Crippen LogP contribution >= 0.6 is 0 Å². The van der Waals surface area contributed by atoms with Gasteiger partial charge in [-0.05, 0) is 79.7 Å². The first kappa shape index (κ1) is 21.3. The van der Waals surface area contributed by atoms with Crippen molar-refractivity contribution < 1.29 is 14.7 Å². The molecule has 0 bridgehead atoms. The summed E-state index contributed by atoms with van der Waals surface area (Å²) in [5.74, 6) is 0.0112. The molecule has 2 heterocycles. The molecule has 0 saturated carbocycles. The van der Waals surface area contributed by atoms with E-state index in [1.165, 1.54) is 16.7 Å². The summed E-state index contributed by atoms with van der Waals surface area (Å²) in [6, 6.07) is 9.88. The number of carbonyl (C=O) groups excluding carboxylic acids is 1. The van der Waals surface area contributed by atoms with Crippen molar-refractivity contribution in [2.24, 2.45) is 0 Å². The van der Waals surface area contributed by atoms with Gasteiger partial charge in [0.2, 0.25) is 5.91 Å². The zero-order valence-electron chi connectivity index (χ0n) is 18.0. The number of fused-ring (bicyclic) bond motifs is 2. The van der Waals surface area contributed by atoms with Gasteiger partial charge in [0, 0.05) is 18.7 Å². The van der Waals surface area contributed by atoms with Crippen LogP contribution in [0.1, 0.15) is 72.5 Å². The quantitative estimate of drug-likeness (QED) is 0.533. The molecule has 1 aromatic heterocycles. The molecule has 2 aromatic rings. The molecule has 0 spiro atoms. The predicted octanol–water partition coefficient (Wildman–Crippen LogP) is 3.97. The Hall–Kier alpha value is -2.89. The lowest BCUT2D eigenvalue weighted by molar-refractivity contribution is -0.137. The Balaban J connectivity index is 1.27. The monoisotopic (exact) mass is 421 g/mol. The van der Waals surface area contributed by atoms with Crippen molar-refractivity contribution in [3.63, 3.8) is 0 Å². The van der Waals surface area contributed by atoms with Gasteiger partial charge >= 0.3 is 5.97 Å². The number of aromatic nitrogens is 1. The van der Waals surface area contributed by atoms with Gasteiger partial charge < -0.3 is 15.7 Å². The minimum absolute atomic E-state index is 0.0909. The van der Waals surface area contributed by atoms with E-state index in [0.29, 0.717) is 6.42 Å². The number of unbranched alkanes of at least 4 members (excludes halogenated alkanes) is 1. The summed E-state index contributed by atoms with van der Waals surface area (Å²) in [4.78, 5) is 28.6. The minimum Gasteiger partial charge on any atom is -0.481 e. The molecule has 0 fully saturated rings. The second kappa shape index (κ2) is 9.94. The number of carbonyl (C=O) groups is 2. The molecule has 0 saturated heterocycles. The highest BCUT2D eigenvalue weighted by Crippen LogP contribution is 2.27. The maximum absolute atomic E-state index is 12.5. The van der Waals surface area contributed by atoms with Gasteiger partial charge in [-0.1, -0.05) is 24.3 Å². The van der Waals surface area contributed by atoms with E-state index in [-0.39, 0.29) is 12.3 Å². The molecule has 31 heavy (non-hydrogen) atoms. The second-order valence-corrected chi connectivity index (χ2v) is 8.65. The van der Waals surface area contributed by atoms with Gasteiger partial charge in [-0.25, -0.2) is 4.98 Å². The first-order valence-electron chi connectivity index (χ1n) is 11.4. The van der Waals surface area contributed by atoms with Crippen LogP contribution in [0, 0.1) is 0 Å². The number of nitrogens with one attached hydrogen (secondary N) is 2. The Bertz CT molecular complexity index is 957. The van der Waals surface area contributed by atoms with Crippen LogP contribution in [0.3, 0.4) is 0 Å². The molecule has 1 aliphatic carbocycles. The van der Waals surface area contributed by atoms with E-state index < -0.39 is 12.0 Å². The van der Waals surface area contributed by atoms with Gasteiger partial charge in [0.1, 0.15) is 5.82 Å². The summed E-state index contributed by atoms with van der Waals surface area (Å²) < 4.78 is 0. The van der Waals surface area contributed by atoms with E-state index in [0.717, 1.165) is 75.0 Å². The fourth-order valence-electron chi connectivity index (χ4n) is 4.60. The van der Waals surface area contributed by atoms with Crippen molar-refractivity contribution in [1.29, 1.82) is 0 Å². The molecule has 4 rings (SSSR count). The average Bonchev–Trinajstić information content (AvgIpc) is 3.24. The molecule has 3 N–H and O–H groups in total. The van der Waals surface area contributed by atoms with E-state index in [9.17, 15) is 14.7 Å². The molecular weight excluding hydrogens is 390 g/mol. The Morgan fingerprint density at radius 1 is 1.03 bits per heavy atom. The number of aryl methyl sites for hydroxylation is 4. The lowest BCUT2D eigenvalue weighted by atomic mass is 9.98. The minimum atomic E-state index is -0.905. The first-order chi connectivity index (χ1) is 15.1. The van der Waals surface area contributed by atoms with Crippen LogP contribution in [0.5, 0.6) is 0 Å². The van der Waals surface area contributed by atoms with Crippen LogP contribution in [0.2, 0.25) is 0 Å². The highest BCUT2D eigenvalue weighted by Gasteiger charge is 2.20. The third-order valence-corrected chi connectivity index (χ3v) is 6.28. The number of hydrogen-bond donors (Lipinski definition) is 3. The van der Waals surface area contributed by atoms with Crippen LogP contribution < -0.4 is 10.6 Å². The van der Waals surface area contributed by atoms with Crippen LogP contribution in [0.25, 0.3) is 0 Å². The topological polar surface area (TPSA) is 91.3 Å². The standard InChI is InChI=1S/C25H31N3O3/c29-23(9-2-1-8-21-13-12-18-7-4-14-26-25(18)27-21)28-22(16-24(30)31)20-11-10-17-5-3-6-19(17)15-20/h10-13,15,22H,1-9,14,16H2,(H,26,27)(H,28,29)(H,30,31). The smallest absolute Gasteiger partial charge is 0.305 e. The van der Waals surface area contributed by atoms with Gasteiger partial charge in [0.15, 0.2) is 0 Å². The summed E-state index contributed by atoms with van der Waals surface area (Å²) in [6.07, 6.45) is 8.25. The van der Waals surface area contributed by atoms with Crippen molar-refractivity contribution in [3.8, 4) is 0 Å². The predicted molar refractivity (Wildman–Crippen MR) is 120 cm³/mol. The van der Waals surface area contributed by atoms with Crippen molar-refractivity contribution in [1.82, 2.24) is 10.3 Å². The Kier molecular flexibility index (Phi) is 6.85. The highest BCUT2D eigenvalue weighted by molar-refractivity contribution is 5.77. The van der Waals surface area contributed by atoms with E-state index >= 15 is 0 Å². The largest absolute Gasteiger partial charge is 0.481 e. The number of benzene rings is 1. The van der Waals surface area contributed by atoms with Gasteiger partial charge in [-0.3, -0.25) is 9.59 Å². The number of pyridine rings is 1. The van der Waals surface area contributed by atoms with Crippen LogP contribution in [0.15, 0.2) is 30.3 Å². The molecule has 1 aliphatic heterocycles. The Morgan fingerprint density at radius 3 is 2.71 bits per heavy atom. The number of carboxylic acid groups (broad SMARTS) is 1. The molecule has 1 aromatic carbocycles. The lowest BCUT2D eigenvalue weighted by Crippen LogP contribution is -2.30. The molecule has 0 radical (unpaired) electrons. The Morgan fingerprint density at radius 2 is 1.84 bits per heavy atom. The SMILES string of the molecule is O=C(O)CC(NC(=O)CCCCc1ccc2c(n1)NCCC2)c1ccc2c(c1)CCC2. The normalized spacial score (nSPS) is 15.5. The van der Waals surface area contributed by atoms with Crippen molar-refractivity contribution in [2.75, 3.05) is 11.9 Å². The first-order valence-corrected chi connectivity index (χ1v) is 11.4. The number of carboxylic acids is 1. The molecule has 1 unspecified atom stereocenters. The van der Waals surface area contributed by atoms with Gasteiger partial charge in [0.05, 0.1) is 12.5 Å². The summed E-state index contributed by atoms with van der Waals surface area (Å²) in [5, 5.41) is 15.6. The number of anilines is 1. The molecule has 1 amide bonds. The van der Waals surface area contributed by atoms with Gasteiger partial charge in [-0.2, -0.15) is 0 Å². The fraction of sp³-hybridized carbons (Fsp3) is 0.480. The third-order valence-electron chi connectivity index (χ3n) is 6.28. The molecule has 6 nitrogen and oxygen atoms in total. The molecule has 6 heteroatoms. The summed E-state index contributed by atoms with van der Waals surface area (Å²) in [6.45, 7) is 0.978. The average molecular weight is 422 g/mol. The van der Waals surface area contributed by atoms with E-state index in [1.807, 2.05) is 6.07 Å². The molecule has 1 atom stereocenters. The van der Waals surface area contributed by atoms with Crippen molar-refractivity contribution in [2.45, 2.75) is 70.3 Å². The molecular formula is C25H31N3O3. The second-order valence-electron chi connectivity index (χ2n) is 8.65. The van der Waals surface area contributed by atoms with Crippen LogP contribution in [-0.4, -0.2) is 28.5 Å². The zero-order valence-corrected chi connectivity index (χ0v) is 18.0. The number of aliphatic carboxylic acids is 1. The van der Waals surface area contributed by atoms with E-state index in [4.69, 9.17) is 4.98 Å². The van der Waals surface area contributed by atoms with Gasteiger partial charge in [0.25, 0.3) is 0 Å². The zero-order chi connectivity index (χ0) is 21.6. The number of nitrogens with zero attached hydrogens (tertiary/aromatic N) is 1. The lowest BCUT2D eigenvalue weighted by Gasteiger charge is -2.19. The van der Waals surface area contributed by atoms with E-state index in [2.05, 4.69) is 34.9 Å². The summed E-state index contributed by atoms with van der Waals surface area (Å²) in [7, 11) is 0. The van der Waals surface area contributed by atoms with Crippen LogP contribution in [-0.2, 0) is 35.3 Å². The fourth-order valence-corrected chi connectivity index (χ4v) is 4.60. The summed E-state index contributed by atoms with van der Waals surface area (Å²) in [5.41, 5.74) is 5.85. The third kappa shape index (κ3) is 5.63. The van der Waals surface area contributed by atoms with Gasteiger partial charge in [-0.15, -0.1) is 0 Å². The maximum atomic E-state index is 12.5.